The van der Waals surface area contributed by atoms with Crippen LogP contribution in [0.2, 0.25) is 0 Å². The molecular formula is C15H17N3O3S. The van der Waals surface area contributed by atoms with Gasteiger partial charge in [-0.25, -0.2) is 4.98 Å². The number of methoxy groups -OCH3 is 1. The number of benzene rings is 1. The topological polar surface area (TPSA) is 84.1 Å². The van der Waals surface area contributed by atoms with Crippen LogP contribution in [0.15, 0.2) is 46.5 Å². The van der Waals surface area contributed by atoms with Gasteiger partial charge in [-0.05, 0) is 24.6 Å². The maximum atomic E-state index is 12.1. The van der Waals surface area contributed by atoms with Crippen molar-refractivity contribution in [1.29, 1.82) is 0 Å². The molecule has 0 fully saturated rings. The molecule has 1 amide bonds. The van der Waals surface area contributed by atoms with E-state index in [4.69, 9.17) is 4.74 Å². The second-order valence-corrected chi connectivity index (χ2v) is 5.89. The third-order valence-electron chi connectivity index (χ3n) is 2.93. The summed E-state index contributed by atoms with van der Waals surface area (Å²) in [5.41, 5.74) is 0.751. The van der Waals surface area contributed by atoms with Gasteiger partial charge in [-0.15, -0.1) is 0 Å². The summed E-state index contributed by atoms with van der Waals surface area (Å²) in [5.74, 6) is 0.658. The normalized spacial score (nSPS) is 11.7. The number of nitrogens with zero attached hydrogens (tertiary/aromatic N) is 1. The Morgan fingerprint density at radius 1 is 1.36 bits per heavy atom. The first-order chi connectivity index (χ1) is 10.6. The van der Waals surface area contributed by atoms with Gasteiger partial charge < -0.3 is 15.0 Å². The maximum absolute atomic E-state index is 12.1. The highest BCUT2D eigenvalue weighted by molar-refractivity contribution is 8.00. The van der Waals surface area contributed by atoms with Gasteiger partial charge in [0.1, 0.15) is 5.75 Å². The van der Waals surface area contributed by atoms with Crippen LogP contribution >= 0.6 is 11.8 Å². The number of nitrogens with one attached hydrogen (secondary N) is 2. The summed E-state index contributed by atoms with van der Waals surface area (Å²) in [6.45, 7) is 2.20. The van der Waals surface area contributed by atoms with Crippen molar-refractivity contribution in [2.45, 2.75) is 23.9 Å². The summed E-state index contributed by atoms with van der Waals surface area (Å²) in [4.78, 5) is 29.8. The first-order valence-electron chi connectivity index (χ1n) is 6.71. The molecule has 1 heterocycles. The van der Waals surface area contributed by atoms with E-state index in [9.17, 15) is 9.59 Å². The summed E-state index contributed by atoms with van der Waals surface area (Å²) in [7, 11) is 1.61. The lowest BCUT2D eigenvalue weighted by molar-refractivity contribution is -0.120. The second kappa shape index (κ2) is 7.65. The summed E-state index contributed by atoms with van der Waals surface area (Å²) < 4.78 is 5.08. The second-order valence-electron chi connectivity index (χ2n) is 4.57. The maximum Gasteiger partial charge on any atom is 0.251 e. The molecule has 2 aromatic rings. The van der Waals surface area contributed by atoms with Crippen LogP contribution < -0.4 is 15.6 Å². The molecule has 0 unspecified atom stereocenters. The molecule has 0 aliphatic carbocycles. The van der Waals surface area contributed by atoms with Gasteiger partial charge in [-0.2, -0.15) is 0 Å². The minimum atomic E-state index is -0.358. The zero-order valence-corrected chi connectivity index (χ0v) is 13.1. The van der Waals surface area contributed by atoms with Gasteiger partial charge in [0.2, 0.25) is 5.91 Å². The Kier molecular flexibility index (Phi) is 5.60. The third kappa shape index (κ3) is 4.63. The fourth-order valence-corrected chi connectivity index (χ4v) is 2.52. The summed E-state index contributed by atoms with van der Waals surface area (Å²) in [5, 5.41) is 2.92. The fraction of sp³-hybridized carbons (Fsp3) is 0.267. The average Bonchev–Trinajstić information content (AvgIpc) is 2.53. The minimum absolute atomic E-state index is 0.118. The zero-order chi connectivity index (χ0) is 15.9. The molecule has 0 spiro atoms. The van der Waals surface area contributed by atoms with Gasteiger partial charge in [0.25, 0.3) is 5.56 Å². The summed E-state index contributed by atoms with van der Waals surface area (Å²) in [6.07, 6.45) is 1.42. The molecule has 1 atom stereocenters. The molecular weight excluding hydrogens is 302 g/mol. The van der Waals surface area contributed by atoms with Crippen molar-refractivity contribution in [3.63, 3.8) is 0 Å². The van der Waals surface area contributed by atoms with Crippen LogP contribution in [-0.2, 0) is 11.3 Å². The molecule has 1 aromatic carbocycles. The lowest BCUT2D eigenvalue weighted by Gasteiger charge is -2.11. The van der Waals surface area contributed by atoms with E-state index in [1.54, 1.807) is 14.0 Å². The van der Waals surface area contributed by atoms with Gasteiger partial charge in [0, 0.05) is 18.8 Å². The number of rotatable bonds is 6. The van der Waals surface area contributed by atoms with Gasteiger partial charge in [0.15, 0.2) is 5.16 Å². The molecule has 6 nitrogen and oxygen atoms in total. The molecule has 0 saturated heterocycles. The third-order valence-corrected chi connectivity index (χ3v) is 3.93. The predicted molar refractivity (Wildman–Crippen MR) is 85.0 cm³/mol. The van der Waals surface area contributed by atoms with Crippen molar-refractivity contribution in [1.82, 2.24) is 15.3 Å². The van der Waals surface area contributed by atoms with Gasteiger partial charge >= 0.3 is 0 Å². The Morgan fingerprint density at radius 3 is 2.73 bits per heavy atom. The van der Waals surface area contributed by atoms with E-state index in [2.05, 4.69) is 15.3 Å². The SMILES string of the molecule is COc1ccc(CNC(=O)[C@H](C)Sc2nccc(=O)[nH]2)cc1. The van der Waals surface area contributed by atoms with Crippen LogP contribution in [0.5, 0.6) is 5.75 Å². The summed E-state index contributed by atoms with van der Waals surface area (Å²) in [6, 6.07) is 8.81. The smallest absolute Gasteiger partial charge is 0.251 e. The quantitative estimate of drug-likeness (QED) is 0.624. The van der Waals surface area contributed by atoms with E-state index in [0.717, 1.165) is 11.3 Å². The van der Waals surface area contributed by atoms with Crippen LogP contribution in [0.4, 0.5) is 0 Å². The number of amides is 1. The first kappa shape index (κ1) is 16.1. The molecule has 0 saturated carbocycles. The lowest BCUT2D eigenvalue weighted by Crippen LogP contribution is -2.30. The number of aromatic amines is 1. The van der Waals surface area contributed by atoms with Crippen molar-refractivity contribution < 1.29 is 9.53 Å². The molecule has 116 valence electrons. The molecule has 22 heavy (non-hydrogen) atoms. The number of hydrogen-bond acceptors (Lipinski definition) is 5. The highest BCUT2D eigenvalue weighted by atomic mass is 32.2. The number of ether oxygens (including phenoxy) is 1. The van der Waals surface area contributed by atoms with Crippen LogP contribution in [0.3, 0.4) is 0 Å². The van der Waals surface area contributed by atoms with E-state index >= 15 is 0 Å². The molecule has 0 aliphatic rings. The molecule has 2 N–H and O–H groups in total. The molecule has 0 bridgehead atoms. The Labute approximate surface area is 132 Å². The van der Waals surface area contributed by atoms with E-state index in [-0.39, 0.29) is 16.7 Å². The van der Waals surface area contributed by atoms with E-state index in [0.29, 0.717) is 11.7 Å². The van der Waals surface area contributed by atoms with E-state index in [1.807, 2.05) is 24.3 Å². The predicted octanol–water partition coefficient (Wildman–Crippen LogP) is 1.58. The molecule has 0 aliphatic heterocycles. The number of carbonyl (C=O) groups is 1. The van der Waals surface area contributed by atoms with Crippen LogP contribution in [0.25, 0.3) is 0 Å². The van der Waals surface area contributed by atoms with Gasteiger partial charge in [-0.1, -0.05) is 23.9 Å². The van der Waals surface area contributed by atoms with Crippen molar-refractivity contribution >= 4 is 17.7 Å². The monoisotopic (exact) mass is 319 g/mol. The number of H-pyrrole nitrogens is 1. The van der Waals surface area contributed by atoms with Crippen molar-refractivity contribution in [2.24, 2.45) is 0 Å². The standard InChI is InChI=1S/C15H17N3O3S/c1-10(22-15-16-8-7-13(19)18-15)14(20)17-9-11-3-5-12(21-2)6-4-11/h3-8,10H,9H2,1-2H3,(H,17,20)(H,16,18,19)/t10-/m0/s1. The molecule has 2 rings (SSSR count). The highest BCUT2D eigenvalue weighted by Gasteiger charge is 2.15. The number of thioether (sulfide) groups is 1. The Balaban J connectivity index is 1.86. The van der Waals surface area contributed by atoms with Crippen LogP contribution in [-0.4, -0.2) is 28.2 Å². The average molecular weight is 319 g/mol. The molecule has 7 heteroatoms. The summed E-state index contributed by atoms with van der Waals surface area (Å²) >= 11 is 1.21. The Morgan fingerprint density at radius 2 is 2.09 bits per heavy atom. The molecule has 1 aromatic heterocycles. The zero-order valence-electron chi connectivity index (χ0n) is 12.3. The highest BCUT2D eigenvalue weighted by Crippen LogP contribution is 2.18. The molecule has 0 radical (unpaired) electrons. The van der Waals surface area contributed by atoms with Crippen LogP contribution in [0.1, 0.15) is 12.5 Å². The Bertz CT molecular complexity index is 685. The van der Waals surface area contributed by atoms with Crippen LogP contribution in [0, 0.1) is 0 Å². The van der Waals surface area contributed by atoms with Crippen molar-refractivity contribution in [3.8, 4) is 5.75 Å². The largest absolute Gasteiger partial charge is 0.497 e. The number of hydrogen-bond donors (Lipinski definition) is 2. The van der Waals surface area contributed by atoms with E-state index in [1.165, 1.54) is 24.0 Å². The lowest BCUT2D eigenvalue weighted by atomic mass is 10.2. The van der Waals surface area contributed by atoms with Gasteiger partial charge in [-0.3, -0.25) is 9.59 Å². The van der Waals surface area contributed by atoms with Crippen molar-refractivity contribution in [2.75, 3.05) is 7.11 Å². The van der Waals surface area contributed by atoms with Crippen molar-refractivity contribution in [3.05, 3.63) is 52.4 Å². The van der Waals surface area contributed by atoms with E-state index < -0.39 is 0 Å². The fourth-order valence-electron chi connectivity index (χ4n) is 1.71. The minimum Gasteiger partial charge on any atom is -0.497 e. The number of aromatic nitrogens is 2. The van der Waals surface area contributed by atoms with Gasteiger partial charge in [0.05, 0.1) is 12.4 Å². The first-order valence-corrected chi connectivity index (χ1v) is 7.59. The number of carbonyl (C=O) groups excluding carboxylic acids is 1. The Hall–Kier alpha value is -2.28.